The molecule has 4 aromatic rings. The van der Waals surface area contributed by atoms with Gasteiger partial charge in [-0.15, -0.1) is 0 Å². The maximum absolute atomic E-state index is 11.7. The zero-order chi connectivity index (χ0) is 22.1. The van der Waals surface area contributed by atoms with Gasteiger partial charge in [-0.2, -0.15) is 0 Å². The van der Waals surface area contributed by atoms with Crippen LogP contribution in [0.15, 0.2) is 60.7 Å². The van der Waals surface area contributed by atoms with Gasteiger partial charge in [0.15, 0.2) is 0 Å². The molecule has 0 unspecified atom stereocenters. The normalized spacial score (nSPS) is 14.7. The van der Waals surface area contributed by atoms with E-state index in [1.807, 2.05) is 25.1 Å². The number of aromatic nitrogens is 2. The number of carbonyl (C=O) groups is 1. The summed E-state index contributed by atoms with van der Waals surface area (Å²) in [5, 5.41) is 9.63. The Kier molecular flexibility index (Phi) is 5.50. The van der Waals surface area contributed by atoms with E-state index in [1.165, 1.54) is 43.5 Å². The van der Waals surface area contributed by atoms with Gasteiger partial charge in [0.05, 0.1) is 11.1 Å². The number of H-pyrrole nitrogens is 1. The number of nitrogens with zero attached hydrogens (tertiary/aromatic N) is 2. The second-order valence-electron chi connectivity index (χ2n) is 8.66. The minimum Gasteiger partial charge on any atom is -0.478 e. The smallest absolute Gasteiger partial charge is 0.337 e. The van der Waals surface area contributed by atoms with E-state index in [0.717, 1.165) is 28.8 Å². The summed E-state index contributed by atoms with van der Waals surface area (Å²) in [6.07, 6.45) is 3.98. The average Bonchev–Trinajstić information content (AvgIpc) is 3.19. The molecule has 0 radical (unpaired) electrons. The number of aryl methyl sites for hydroxylation is 1. The van der Waals surface area contributed by atoms with E-state index in [9.17, 15) is 9.90 Å². The zero-order valence-electron chi connectivity index (χ0n) is 18.3. The molecular weight excluding hydrogens is 398 g/mol. The lowest BCUT2D eigenvalue weighted by Crippen LogP contribution is -2.28. The topological polar surface area (TPSA) is 69.2 Å². The van der Waals surface area contributed by atoms with Gasteiger partial charge in [0.25, 0.3) is 0 Å². The van der Waals surface area contributed by atoms with Gasteiger partial charge in [-0.3, -0.25) is 4.90 Å². The number of carboxylic acids is 1. The Bertz CT molecular complexity index is 1250. The highest BCUT2D eigenvalue weighted by Gasteiger charge is 2.15. The van der Waals surface area contributed by atoms with Crippen molar-refractivity contribution in [2.24, 2.45) is 0 Å². The van der Waals surface area contributed by atoms with Crippen molar-refractivity contribution < 1.29 is 9.90 Å². The predicted octanol–water partition coefficient (Wildman–Crippen LogP) is 5.89. The Labute approximate surface area is 187 Å². The molecular formula is C27H27N3O2. The molecule has 5 heteroatoms. The third kappa shape index (κ3) is 4.16. The number of rotatable bonds is 5. The standard InChI is InChI=1S/C27H27N3O2/c1-18-28-25-16-23(15-24(27(31)32)26(25)29-18)22-11-9-21(10-12-22)20-7-5-19(6-8-20)17-30-13-3-2-4-14-30/h5-12,15-16H,2-4,13-14,17H2,1H3,(H,28,29)(H,31,32). The monoisotopic (exact) mass is 425 g/mol. The lowest BCUT2D eigenvalue weighted by atomic mass is 9.98. The van der Waals surface area contributed by atoms with Crippen LogP contribution in [-0.4, -0.2) is 39.0 Å². The molecule has 0 bridgehead atoms. The first-order chi connectivity index (χ1) is 15.6. The fourth-order valence-corrected chi connectivity index (χ4v) is 4.60. The molecule has 2 N–H and O–H groups in total. The van der Waals surface area contributed by atoms with Crippen LogP contribution in [0.2, 0.25) is 0 Å². The van der Waals surface area contributed by atoms with Gasteiger partial charge < -0.3 is 10.1 Å². The Morgan fingerprint density at radius 1 is 0.906 bits per heavy atom. The van der Waals surface area contributed by atoms with E-state index in [1.54, 1.807) is 6.07 Å². The summed E-state index contributed by atoms with van der Waals surface area (Å²) < 4.78 is 0. The summed E-state index contributed by atoms with van der Waals surface area (Å²) in [7, 11) is 0. The molecule has 1 aliphatic heterocycles. The predicted molar refractivity (Wildman–Crippen MR) is 128 cm³/mol. The highest BCUT2D eigenvalue weighted by Crippen LogP contribution is 2.29. The van der Waals surface area contributed by atoms with Crippen molar-refractivity contribution in [1.82, 2.24) is 14.9 Å². The van der Waals surface area contributed by atoms with Crippen LogP contribution in [0.5, 0.6) is 0 Å². The van der Waals surface area contributed by atoms with E-state index in [0.29, 0.717) is 11.3 Å². The minimum absolute atomic E-state index is 0.218. The molecule has 1 fully saturated rings. The van der Waals surface area contributed by atoms with Crippen LogP contribution in [0.1, 0.15) is 41.0 Å². The number of likely N-dealkylation sites (tertiary alicyclic amines) is 1. The van der Waals surface area contributed by atoms with Crippen LogP contribution in [0.25, 0.3) is 33.3 Å². The van der Waals surface area contributed by atoms with Crippen LogP contribution in [0, 0.1) is 6.92 Å². The van der Waals surface area contributed by atoms with Crippen LogP contribution >= 0.6 is 0 Å². The Morgan fingerprint density at radius 3 is 2.12 bits per heavy atom. The maximum atomic E-state index is 11.7. The Hall–Kier alpha value is -3.44. The first-order valence-corrected chi connectivity index (χ1v) is 11.2. The van der Waals surface area contributed by atoms with E-state index < -0.39 is 5.97 Å². The van der Waals surface area contributed by atoms with E-state index in [2.05, 4.69) is 51.3 Å². The number of benzene rings is 3. The van der Waals surface area contributed by atoms with Gasteiger partial charge >= 0.3 is 5.97 Å². The van der Waals surface area contributed by atoms with Crippen molar-refractivity contribution in [3.8, 4) is 22.3 Å². The summed E-state index contributed by atoms with van der Waals surface area (Å²) in [5.74, 6) is -0.261. The van der Waals surface area contributed by atoms with Crippen LogP contribution in [0.4, 0.5) is 0 Å². The number of imidazole rings is 1. The largest absolute Gasteiger partial charge is 0.478 e. The Balaban J connectivity index is 1.38. The minimum atomic E-state index is -0.968. The number of carboxylic acid groups (broad SMARTS) is 1. The molecule has 2 heterocycles. The molecule has 5 rings (SSSR count). The summed E-state index contributed by atoms with van der Waals surface area (Å²) in [5.41, 5.74) is 6.99. The molecule has 1 aromatic heterocycles. The number of hydrogen-bond donors (Lipinski definition) is 2. The highest BCUT2D eigenvalue weighted by molar-refractivity contribution is 6.03. The number of nitrogens with one attached hydrogen (secondary N) is 1. The highest BCUT2D eigenvalue weighted by atomic mass is 16.4. The molecule has 162 valence electrons. The molecule has 0 amide bonds. The van der Waals surface area contributed by atoms with E-state index >= 15 is 0 Å². The molecule has 0 atom stereocenters. The molecule has 32 heavy (non-hydrogen) atoms. The van der Waals surface area contributed by atoms with Crippen molar-refractivity contribution in [2.75, 3.05) is 13.1 Å². The maximum Gasteiger partial charge on any atom is 0.337 e. The summed E-state index contributed by atoms with van der Waals surface area (Å²) in [4.78, 5) is 21.8. The number of hydrogen-bond acceptors (Lipinski definition) is 3. The first-order valence-electron chi connectivity index (χ1n) is 11.2. The van der Waals surface area contributed by atoms with Crippen LogP contribution < -0.4 is 0 Å². The van der Waals surface area contributed by atoms with Crippen molar-refractivity contribution in [3.05, 3.63) is 77.6 Å². The second kappa shape index (κ2) is 8.60. The van der Waals surface area contributed by atoms with Gasteiger partial charge in [-0.05, 0) is 72.8 Å². The summed E-state index contributed by atoms with van der Waals surface area (Å²) >= 11 is 0. The number of aromatic carboxylic acids is 1. The van der Waals surface area contributed by atoms with Crippen LogP contribution in [-0.2, 0) is 6.54 Å². The molecule has 0 aliphatic carbocycles. The van der Waals surface area contributed by atoms with Crippen molar-refractivity contribution in [2.45, 2.75) is 32.7 Å². The first kappa shape index (κ1) is 20.5. The molecule has 0 spiro atoms. The fraction of sp³-hybridized carbons (Fsp3) is 0.259. The van der Waals surface area contributed by atoms with Crippen molar-refractivity contribution in [1.29, 1.82) is 0 Å². The molecule has 3 aromatic carbocycles. The van der Waals surface area contributed by atoms with Gasteiger partial charge in [0, 0.05) is 6.54 Å². The molecule has 5 nitrogen and oxygen atoms in total. The number of fused-ring (bicyclic) bond motifs is 1. The third-order valence-corrected chi connectivity index (χ3v) is 6.30. The van der Waals surface area contributed by atoms with E-state index in [4.69, 9.17) is 0 Å². The van der Waals surface area contributed by atoms with Gasteiger partial charge in [0.2, 0.25) is 0 Å². The quantitative estimate of drug-likeness (QED) is 0.418. The van der Waals surface area contributed by atoms with Crippen molar-refractivity contribution in [3.63, 3.8) is 0 Å². The number of aromatic amines is 1. The number of piperidine rings is 1. The summed E-state index contributed by atoms with van der Waals surface area (Å²) in [6, 6.07) is 20.8. The average molecular weight is 426 g/mol. The lowest BCUT2D eigenvalue weighted by Gasteiger charge is -2.26. The molecule has 1 aliphatic rings. The second-order valence-corrected chi connectivity index (χ2v) is 8.66. The van der Waals surface area contributed by atoms with E-state index in [-0.39, 0.29) is 5.56 Å². The van der Waals surface area contributed by atoms with Gasteiger partial charge in [0.1, 0.15) is 11.3 Å². The summed E-state index contributed by atoms with van der Waals surface area (Å²) in [6.45, 7) is 5.27. The SMILES string of the molecule is Cc1nc2c(C(=O)O)cc(-c3ccc(-c4ccc(CN5CCCCC5)cc4)cc3)cc2[nH]1. The third-order valence-electron chi connectivity index (χ3n) is 6.30. The van der Waals surface area contributed by atoms with Gasteiger partial charge in [-0.1, -0.05) is 55.0 Å². The van der Waals surface area contributed by atoms with Crippen LogP contribution in [0.3, 0.4) is 0 Å². The molecule has 0 saturated carbocycles. The Morgan fingerprint density at radius 2 is 1.50 bits per heavy atom. The fourth-order valence-electron chi connectivity index (χ4n) is 4.60. The zero-order valence-corrected chi connectivity index (χ0v) is 18.3. The molecule has 1 saturated heterocycles. The lowest BCUT2D eigenvalue weighted by molar-refractivity contribution is 0.0699. The van der Waals surface area contributed by atoms with Gasteiger partial charge in [-0.25, -0.2) is 9.78 Å². The van der Waals surface area contributed by atoms with Crippen molar-refractivity contribution >= 4 is 17.0 Å².